The average Bonchev–Trinajstić information content (AvgIpc) is 2.74. The first-order valence-corrected chi connectivity index (χ1v) is 4.26. The van der Waals surface area contributed by atoms with Gasteiger partial charge in [-0.3, -0.25) is 4.68 Å². The van der Waals surface area contributed by atoms with Crippen molar-refractivity contribution >= 4 is 0 Å². The van der Waals surface area contributed by atoms with E-state index in [1.165, 1.54) is 0 Å². The van der Waals surface area contributed by atoms with E-state index in [-0.39, 0.29) is 0 Å². The van der Waals surface area contributed by atoms with Crippen LogP contribution in [0.3, 0.4) is 0 Å². The molecule has 0 saturated carbocycles. The Balaban J connectivity index is 2.29. The molecule has 2 rings (SSSR count). The molecule has 2 aromatic heterocycles. The lowest BCUT2D eigenvalue weighted by Crippen LogP contribution is -2.10. The lowest BCUT2D eigenvalue weighted by molar-refractivity contribution is 0.598. The van der Waals surface area contributed by atoms with Crippen LogP contribution in [0.25, 0.3) is 11.5 Å². The molecule has 2 aromatic rings. The fraction of sp³-hybridized carbons (Fsp3) is 0.429. The number of hydrogen-bond donors (Lipinski definition) is 1. The Morgan fingerprint density at radius 3 is 2.93 bits per heavy atom. The summed E-state index contributed by atoms with van der Waals surface area (Å²) < 4.78 is 3.47. The van der Waals surface area contributed by atoms with Crippen LogP contribution in [0.5, 0.6) is 0 Å². The molecule has 2 N–H and O–H groups in total. The summed E-state index contributed by atoms with van der Waals surface area (Å²) in [6.07, 6.45) is 3.42. The van der Waals surface area contributed by atoms with Crippen molar-refractivity contribution in [2.45, 2.75) is 6.54 Å². The fourth-order valence-electron chi connectivity index (χ4n) is 1.16. The van der Waals surface area contributed by atoms with Crippen LogP contribution in [0.4, 0.5) is 0 Å². The molecule has 7 heteroatoms. The minimum absolute atomic E-state index is 0.543. The molecule has 0 atom stereocenters. The summed E-state index contributed by atoms with van der Waals surface area (Å²) in [5.41, 5.74) is 6.10. The van der Waals surface area contributed by atoms with Crippen molar-refractivity contribution in [3.63, 3.8) is 0 Å². The van der Waals surface area contributed by atoms with Crippen LogP contribution >= 0.6 is 0 Å². The molecule has 0 bridgehead atoms. The molecule has 0 spiro atoms. The Labute approximate surface area is 80.5 Å². The highest BCUT2D eigenvalue weighted by molar-refractivity contribution is 5.45. The molecule has 74 valence electrons. The predicted molar refractivity (Wildman–Crippen MR) is 49.1 cm³/mol. The molecule has 0 aliphatic heterocycles. The van der Waals surface area contributed by atoms with E-state index in [0.29, 0.717) is 24.6 Å². The maximum atomic E-state index is 5.40. The normalized spacial score (nSPS) is 10.7. The first-order chi connectivity index (χ1) is 6.81. The summed E-state index contributed by atoms with van der Waals surface area (Å²) in [6, 6.07) is 0. The first-order valence-electron chi connectivity index (χ1n) is 4.26. The highest BCUT2D eigenvalue weighted by Gasteiger charge is 2.08. The fourth-order valence-corrected chi connectivity index (χ4v) is 1.16. The third-order valence-electron chi connectivity index (χ3n) is 1.84. The summed E-state index contributed by atoms with van der Waals surface area (Å²) >= 11 is 0. The Morgan fingerprint density at radius 1 is 1.43 bits per heavy atom. The van der Waals surface area contributed by atoms with Gasteiger partial charge in [0.1, 0.15) is 6.33 Å². The van der Waals surface area contributed by atoms with Gasteiger partial charge in [-0.2, -0.15) is 0 Å². The molecule has 0 aliphatic carbocycles. The second kappa shape index (κ2) is 3.54. The van der Waals surface area contributed by atoms with Gasteiger partial charge in [-0.15, -0.1) is 15.3 Å². The molecule has 0 unspecified atom stereocenters. The summed E-state index contributed by atoms with van der Waals surface area (Å²) in [5, 5.41) is 15.6. The molecule has 0 saturated heterocycles. The third-order valence-corrected chi connectivity index (χ3v) is 1.84. The van der Waals surface area contributed by atoms with Crippen LogP contribution in [-0.4, -0.2) is 36.3 Å². The van der Waals surface area contributed by atoms with Crippen LogP contribution in [0, 0.1) is 0 Å². The van der Waals surface area contributed by atoms with Crippen LogP contribution in [0.1, 0.15) is 0 Å². The van der Waals surface area contributed by atoms with Crippen molar-refractivity contribution in [3.8, 4) is 11.5 Å². The number of hydrogen-bond acceptors (Lipinski definition) is 5. The number of aryl methyl sites for hydroxylation is 1. The first kappa shape index (κ1) is 8.82. The Morgan fingerprint density at radius 2 is 2.29 bits per heavy atom. The number of rotatable bonds is 3. The van der Waals surface area contributed by atoms with Gasteiger partial charge < -0.3 is 10.3 Å². The Hall–Kier alpha value is -1.76. The molecule has 14 heavy (non-hydrogen) atoms. The van der Waals surface area contributed by atoms with Crippen LogP contribution in [0.2, 0.25) is 0 Å². The second-order valence-corrected chi connectivity index (χ2v) is 2.92. The molecule has 0 radical (unpaired) electrons. The van der Waals surface area contributed by atoms with Gasteiger partial charge in [0, 0.05) is 13.6 Å². The average molecular weight is 193 g/mol. The molecule has 0 fully saturated rings. The summed E-state index contributed by atoms with van der Waals surface area (Å²) in [7, 11) is 1.86. The van der Waals surface area contributed by atoms with Gasteiger partial charge in [-0.25, -0.2) is 0 Å². The minimum atomic E-state index is 0.543. The number of nitrogens with zero attached hydrogens (tertiary/aromatic N) is 6. The molecule has 7 nitrogen and oxygen atoms in total. The van der Waals surface area contributed by atoms with E-state index in [2.05, 4.69) is 20.5 Å². The van der Waals surface area contributed by atoms with Gasteiger partial charge >= 0.3 is 0 Å². The van der Waals surface area contributed by atoms with Gasteiger partial charge in [0.05, 0.1) is 12.7 Å². The van der Waals surface area contributed by atoms with Crippen molar-refractivity contribution in [3.05, 3.63) is 12.5 Å². The second-order valence-electron chi connectivity index (χ2n) is 2.92. The van der Waals surface area contributed by atoms with Crippen LogP contribution in [0.15, 0.2) is 12.5 Å². The van der Waals surface area contributed by atoms with E-state index in [1.807, 2.05) is 7.05 Å². The number of nitrogens with two attached hydrogens (primary N) is 1. The Bertz CT molecular complexity index is 415. The van der Waals surface area contributed by atoms with E-state index < -0.39 is 0 Å². The minimum Gasteiger partial charge on any atom is -0.329 e. The maximum Gasteiger partial charge on any atom is 0.185 e. The lowest BCUT2D eigenvalue weighted by Gasteiger charge is -1.93. The molecule has 0 amide bonds. The standard InChI is InChI=1S/C7H11N7/c1-13-5-9-11-7(13)6-4-14(3-2-8)12-10-6/h4-5H,2-3,8H2,1H3. The van der Waals surface area contributed by atoms with Gasteiger partial charge in [-0.05, 0) is 0 Å². The van der Waals surface area contributed by atoms with Gasteiger partial charge in [0.15, 0.2) is 11.5 Å². The predicted octanol–water partition coefficient (Wildman–Crippen LogP) is -0.968. The van der Waals surface area contributed by atoms with Crippen molar-refractivity contribution in [1.29, 1.82) is 0 Å². The molecule has 0 aromatic carbocycles. The van der Waals surface area contributed by atoms with E-state index >= 15 is 0 Å². The van der Waals surface area contributed by atoms with Crippen molar-refractivity contribution in [2.75, 3.05) is 6.54 Å². The van der Waals surface area contributed by atoms with E-state index in [4.69, 9.17) is 5.73 Å². The lowest BCUT2D eigenvalue weighted by atomic mass is 10.4. The number of aromatic nitrogens is 6. The van der Waals surface area contributed by atoms with Crippen molar-refractivity contribution in [1.82, 2.24) is 29.8 Å². The van der Waals surface area contributed by atoms with Crippen molar-refractivity contribution < 1.29 is 0 Å². The Kier molecular flexibility index (Phi) is 2.23. The topological polar surface area (TPSA) is 87.4 Å². The van der Waals surface area contributed by atoms with E-state index in [1.54, 1.807) is 21.8 Å². The molecular formula is C7H11N7. The highest BCUT2D eigenvalue weighted by atomic mass is 15.4. The largest absolute Gasteiger partial charge is 0.329 e. The third kappa shape index (κ3) is 1.49. The van der Waals surface area contributed by atoms with Crippen molar-refractivity contribution in [2.24, 2.45) is 12.8 Å². The van der Waals surface area contributed by atoms with Gasteiger partial charge in [-0.1, -0.05) is 5.21 Å². The summed E-state index contributed by atoms with van der Waals surface area (Å²) in [6.45, 7) is 1.20. The van der Waals surface area contributed by atoms with Crippen LogP contribution < -0.4 is 5.73 Å². The SMILES string of the molecule is Cn1cnnc1-c1cn(CCN)nn1. The molecule has 0 aliphatic rings. The smallest absolute Gasteiger partial charge is 0.185 e. The molecule has 2 heterocycles. The maximum absolute atomic E-state index is 5.40. The highest BCUT2D eigenvalue weighted by Crippen LogP contribution is 2.10. The van der Waals surface area contributed by atoms with Gasteiger partial charge in [0.25, 0.3) is 0 Å². The summed E-state index contributed by atoms with van der Waals surface area (Å²) in [5.74, 6) is 0.702. The van der Waals surface area contributed by atoms with E-state index in [0.717, 1.165) is 0 Å². The van der Waals surface area contributed by atoms with E-state index in [9.17, 15) is 0 Å². The molecular weight excluding hydrogens is 182 g/mol. The van der Waals surface area contributed by atoms with Gasteiger partial charge in [0.2, 0.25) is 0 Å². The van der Waals surface area contributed by atoms with Crippen LogP contribution in [-0.2, 0) is 13.6 Å². The zero-order valence-corrected chi connectivity index (χ0v) is 7.83. The quantitative estimate of drug-likeness (QED) is 0.677. The summed E-state index contributed by atoms with van der Waals surface area (Å²) in [4.78, 5) is 0. The zero-order chi connectivity index (χ0) is 9.97. The monoisotopic (exact) mass is 193 g/mol. The zero-order valence-electron chi connectivity index (χ0n) is 7.83.